The van der Waals surface area contributed by atoms with Crippen molar-refractivity contribution in [2.45, 2.75) is 24.4 Å². The number of carboxylic acids is 1. The average Bonchev–Trinajstić information content (AvgIpc) is 3.16. The van der Waals surface area contributed by atoms with Crippen LogP contribution in [0.15, 0.2) is 77.7 Å². The zero-order valence-electron chi connectivity index (χ0n) is 18.9. The summed E-state index contributed by atoms with van der Waals surface area (Å²) >= 11 is 1.73. The number of thioether (sulfide) groups is 1. The van der Waals surface area contributed by atoms with Crippen LogP contribution in [0.4, 0.5) is 0 Å². The number of hydrogen-bond donors (Lipinski definition) is 2. The molecule has 5 nitrogen and oxygen atoms in total. The number of nitrogens with one attached hydrogen (secondary N) is 1. The standard InChI is InChI=1S/C27H28N2O3S/c1-32-21-11-7-20(8-12-21)18-29-25-6-4-3-5-23(25)24(26(29)27(30)31)17-28-16-15-19-9-13-22(33-2)14-10-19/h3-14,28H,15-18H2,1-2H3,(H,30,31). The normalized spacial score (nSPS) is 11.1. The van der Waals surface area contributed by atoms with Gasteiger partial charge in [-0.3, -0.25) is 0 Å². The lowest BCUT2D eigenvalue weighted by molar-refractivity contribution is 0.0684. The molecule has 0 fully saturated rings. The third-order valence-corrected chi connectivity index (χ3v) is 6.57. The zero-order valence-corrected chi connectivity index (χ0v) is 19.7. The molecule has 0 aliphatic rings. The van der Waals surface area contributed by atoms with Gasteiger partial charge < -0.3 is 19.7 Å². The van der Waals surface area contributed by atoms with Crippen molar-refractivity contribution in [3.63, 3.8) is 0 Å². The van der Waals surface area contributed by atoms with Crippen LogP contribution in [0.25, 0.3) is 10.9 Å². The van der Waals surface area contributed by atoms with Crippen LogP contribution in [-0.2, 0) is 19.5 Å². The number of aromatic carboxylic acids is 1. The van der Waals surface area contributed by atoms with Crippen molar-refractivity contribution in [2.24, 2.45) is 0 Å². The Morgan fingerprint density at radius 2 is 1.70 bits per heavy atom. The fourth-order valence-corrected chi connectivity index (χ4v) is 4.52. The van der Waals surface area contributed by atoms with E-state index in [-0.39, 0.29) is 0 Å². The number of carbonyl (C=O) groups is 1. The fourth-order valence-electron chi connectivity index (χ4n) is 4.11. The van der Waals surface area contributed by atoms with E-state index in [1.165, 1.54) is 10.5 Å². The molecule has 3 aromatic carbocycles. The molecule has 0 amide bonds. The first-order chi connectivity index (χ1) is 16.1. The van der Waals surface area contributed by atoms with Crippen molar-refractivity contribution in [3.8, 4) is 5.75 Å². The summed E-state index contributed by atoms with van der Waals surface area (Å²) in [6.45, 7) is 1.75. The minimum absolute atomic E-state index is 0.337. The maximum Gasteiger partial charge on any atom is 0.352 e. The summed E-state index contributed by atoms with van der Waals surface area (Å²) in [5.41, 5.74) is 4.37. The number of aromatic nitrogens is 1. The van der Waals surface area contributed by atoms with Crippen molar-refractivity contribution in [1.82, 2.24) is 9.88 Å². The highest BCUT2D eigenvalue weighted by Crippen LogP contribution is 2.28. The molecule has 0 aliphatic heterocycles. The van der Waals surface area contributed by atoms with Gasteiger partial charge in [0.1, 0.15) is 11.4 Å². The highest BCUT2D eigenvalue weighted by molar-refractivity contribution is 7.98. The van der Waals surface area contributed by atoms with Crippen LogP contribution in [0.5, 0.6) is 5.75 Å². The summed E-state index contributed by atoms with van der Waals surface area (Å²) in [6.07, 6.45) is 2.96. The van der Waals surface area contributed by atoms with E-state index >= 15 is 0 Å². The number of para-hydroxylation sites is 1. The Morgan fingerprint density at radius 3 is 2.36 bits per heavy atom. The van der Waals surface area contributed by atoms with E-state index in [1.807, 2.05) is 53.1 Å². The second-order valence-corrected chi connectivity index (χ2v) is 8.74. The van der Waals surface area contributed by atoms with Gasteiger partial charge in [-0.15, -0.1) is 11.8 Å². The van der Waals surface area contributed by atoms with Crippen LogP contribution >= 0.6 is 11.8 Å². The largest absolute Gasteiger partial charge is 0.497 e. The van der Waals surface area contributed by atoms with Crippen LogP contribution in [0.3, 0.4) is 0 Å². The van der Waals surface area contributed by atoms with E-state index in [0.29, 0.717) is 18.8 Å². The molecule has 1 aromatic heterocycles. The van der Waals surface area contributed by atoms with E-state index in [9.17, 15) is 9.90 Å². The quantitative estimate of drug-likeness (QED) is 0.243. The Kier molecular flexibility index (Phi) is 7.37. The number of nitrogens with zero attached hydrogens (tertiary/aromatic N) is 1. The lowest BCUT2D eigenvalue weighted by Gasteiger charge is -2.11. The van der Waals surface area contributed by atoms with Gasteiger partial charge in [-0.1, -0.05) is 42.5 Å². The SMILES string of the molecule is COc1ccc(Cn2c(C(=O)O)c(CNCCc3ccc(SC)cc3)c3ccccc32)cc1. The number of rotatable bonds is 10. The number of carboxylic acid groups (broad SMARTS) is 1. The van der Waals surface area contributed by atoms with Crippen molar-refractivity contribution in [3.05, 3.63) is 95.2 Å². The van der Waals surface area contributed by atoms with Crippen molar-refractivity contribution in [2.75, 3.05) is 19.9 Å². The highest BCUT2D eigenvalue weighted by Gasteiger charge is 2.22. The smallest absolute Gasteiger partial charge is 0.352 e. The van der Waals surface area contributed by atoms with Gasteiger partial charge in [-0.2, -0.15) is 0 Å². The molecule has 0 aliphatic carbocycles. The summed E-state index contributed by atoms with van der Waals surface area (Å²) in [6, 6.07) is 24.2. The molecule has 1 heterocycles. The molecule has 0 unspecified atom stereocenters. The van der Waals surface area contributed by atoms with Gasteiger partial charge in [0.05, 0.1) is 7.11 Å². The second kappa shape index (κ2) is 10.6. The molecule has 2 N–H and O–H groups in total. The molecule has 0 saturated heterocycles. The van der Waals surface area contributed by atoms with Crippen molar-refractivity contribution < 1.29 is 14.6 Å². The van der Waals surface area contributed by atoms with Crippen LogP contribution < -0.4 is 10.1 Å². The Hall–Kier alpha value is -3.22. The zero-order chi connectivity index (χ0) is 23.2. The van der Waals surface area contributed by atoms with Crippen molar-refractivity contribution >= 4 is 28.6 Å². The molecule has 4 rings (SSSR count). The number of ether oxygens (including phenoxy) is 1. The summed E-state index contributed by atoms with van der Waals surface area (Å²) in [7, 11) is 1.63. The van der Waals surface area contributed by atoms with Crippen LogP contribution in [-0.4, -0.2) is 35.6 Å². The second-order valence-electron chi connectivity index (χ2n) is 7.86. The monoisotopic (exact) mass is 460 g/mol. The predicted octanol–water partition coefficient (Wildman–Crippen LogP) is 5.45. The van der Waals surface area contributed by atoms with Crippen molar-refractivity contribution in [1.29, 1.82) is 0 Å². The summed E-state index contributed by atoms with van der Waals surface area (Å²) in [4.78, 5) is 13.6. The molecule has 0 atom stereocenters. The molecule has 6 heteroatoms. The Morgan fingerprint density at radius 1 is 1.00 bits per heavy atom. The molecule has 33 heavy (non-hydrogen) atoms. The maximum atomic E-state index is 12.3. The molecular formula is C27H28N2O3S. The summed E-state index contributed by atoms with van der Waals surface area (Å²) in [5, 5.41) is 14.6. The van der Waals surface area contributed by atoms with E-state index < -0.39 is 5.97 Å². The minimum atomic E-state index is -0.913. The lowest BCUT2D eigenvalue weighted by Crippen LogP contribution is -2.19. The molecule has 4 aromatic rings. The van der Waals surface area contributed by atoms with Gasteiger partial charge in [0, 0.05) is 34.5 Å². The van der Waals surface area contributed by atoms with E-state index in [2.05, 4.69) is 35.8 Å². The van der Waals surface area contributed by atoms with E-state index in [4.69, 9.17) is 4.74 Å². The van der Waals surface area contributed by atoms with Crippen LogP contribution in [0, 0.1) is 0 Å². The fraction of sp³-hybridized carbons (Fsp3) is 0.222. The van der Waals surface area contributed by atoms with E-state index in [0.717, 1.165) is 40.7 Å². The van der Waals surface area contributed by atoms with Gasteiger partial charge in [-0.25, -0.2) is 4.79 Å². The molecule has 0 saturated carbocycles. The molecule has 0 radical (unpaired) electrons. The van der Waals surface area contributed by atoms with Gasteiger partial charge in [0.15, 0.2) is 0 Å². The van der Waals surface area contributed by atoms with Gasteiger partial charge in [-0.05, 0) is 60.7 Å². The Bertz CT molecular complexity index is 1230. The summed E-state index contributed by atoms with van der Waals surface area (Å²) in [5.74, 6) is -0.133. The Labute approximate surface area is 198 Å². The number of benzene rings is 3. The molecule has 0 bridgehead atoms. The first-order valence-corrected chi connectivity index (χ1v) is 12.1. The minimum Gasteiger partial charge on any atom is -0.497 e. The first kappa shape index (κ1) is 23.0. The Balaban J connectivity index is 1.56. The lowest BCUT2D eigenvalue weighted by atomic mass is 10.1. The van der Waals surface area contributed by atoms with Gasteiger partial charge in [0.2, 0.25) is 0 Å². The van der Waals surface area contributed by atoms with E-state index in [1.54, 1.807) is 18.9 Å². The molecular weight excluding hydrogens is 432 g/mol. The third-order valence-electron chi connectivity index (χ3n) is 5.83. The number of fused-ring (bicyclic) bond motifs is 1. The highest BCUT2D eigenvalue weighted by atomic mass is 32.2. The topological polar surface area (TPSA) is 63.5 Å². The number of methoxy groups -OCH3 is 1. The molecule has 170 valence electrons. The maximum absolute atomic E-state index is 12.3. The van der Waals surface area contributed by atoms with Crippen LogP contribution in [0.1, 0.15) is 27.2 Å². The number of hydrogen-bond acceptors (Lipinski definition) is 4. The summed E-state index contributed by atoms with van der Waals surface area (Å²) < 4.78 is 7.14. The predicted molar refractivity (Wildman–Crippen MR) is 135 cm³/mol. The first-order valence-electron chi connectivity index (χ1n) is 10.9. The third kappa shape index (κ3) is 5.24. The average molecular weight is 461 g/mol. The van der Waals surface area contributed by atoms with Gasteiger partial charge in [0.25, 0.3) is 0 Å². The van der Waals surface area contributed by atoms with Gasteiger partial charge >= 0.3 is 5.97 Å². The van der Waals surface area contributed by atoms with Crippen LogP contribution in [0.2, 0.25) is 0 Å². The molecule has 0 spiro atoms.